The lowest BCUT2D eigenvalue weighted by Crippen LogP contribution is -2.52. The zero-order valence-electron chi connectivity index (χ0n) is 19.9. The van der Waals surface area contributed by atoms with E-state index in [2.05, 4.69) is 39.8 Å². The van der Waals surface area contributed by atoms with Crippen LogP contribution in [-0.4, -0.2) is 43.0 Å². The Morgan fingerprint density at radius 3 is 2.54 bits per heavy atom. The van der Waals surface area contributed by atoms with Crippen LogP contribution in [0.4, 0.5) is 0 Å². The molecule has 0 aliphatic carbocycles. The standard InChI is InChI=1S/C29H32ClN3O2/c30-26-11-4-5-12-27(26)35-25-10-6-7-22(19-25)20-33-17-13-24(14-18-33)32-28(34)29(15-16-31-21-29)23-8-2-1-3-9-23/h1-12,19,24,31H,13-18,20-21H2,(H,32,34). The van der Waals surface area contributed by atoms with Gasteiger partial charge in [0.2, 0.25) is 5.91 Å². The molecular formula is C29H32ClN3O2. The van der Waals surface area contributed by atoms with Gasteiger partial charge in [0, 0.05) is 32.2 Å². The van der Waals surface area contributed by atoms with Crippen LogP contribution < -0.4 is 15.4 Å². The average Bonchev–Trinajstić information content (AvgIpc) is 3.39. The maximum atomic E-state index is 13.4. The number of hydrogen-bond donors (Lipinski definition) is 2. The summed E-state index contributed by atoms with van der Waals surface area (Å²) in [6.45, 7) is 4.35. The molecule has 0 bridgehead atoms. The minimum atomic E-state index is -0.458. The number of rotatable bonds is 7. The number of amides is 1. The minimum absolute atomic E-state index is 0.163. The fourth-order valence-electron chi connectivity index (χ4n) is 5.20. The number of piperidine rings is 1. The molecule has 2 fully saturated rings. The van der Waals surface area contributed by atoms with E-state index in [1.807, 2.05) is 54.6 Å². The van der Waals surface area contributed by atoms with Gasteiger partial charge in [0.15, 0.2) is 0 Å². The SMILES string of the molecule is O=C(NC1CCN(Cc2cccc(Oc3ccccc3Cl)c2)CC1)C1(c2ccccc2)CCNC1. The van der Waals surface area contributed by atoms with E-state index in [1.54, 1.807) is 0 Å². The second-order valence-corrected chi connectivity index (χ2v) is 9.99. The predicted octanol–water partition coefficient (Wildman–Crippen LogP) is 5.14. The number of nitrogens with one attached hydrogen (secondary N) is 2. The first-order valence-corrected chi connectivity index (χ1v) is 12.8. The molecule has 1 atom stereocenters. The minimum Gasteiger partial charge on any atom is -0.456 e. The van der Waals surface area contributed by atoms with Crippen LogP contribution >= 0.6 is 11.6 Å². The van der Waals surface area contributed by atoms with Crippen molar-refractivity contribution in [2.45, 2.75) is 37.3 Å². The summed E-state index contributed by atoms with van der Waals surface area (Å²) < 4.78 is 5.99. The van der Waals surface area contributed by atoms with Crippen LogP contribution in [0, 0.1) is 0 Å². The molecule has 1 unspecified atom stereocenters. The van der Waals surface area contributed by atoms with Crippen LogP contribution in [0.1, 0.15) is 30.4 Å². The second-order valence-electron chi connectivity index (χ2n) is 9.58. The Labute approximate surface area is 212 Å². The van der Waals surface area contributed by atoms with Crippen molar-refractivity contribution < 1.29 is 9.53 Å². The van der Waals surface area contributed by atoms with Crippen molar-refractivity contribution in [2.24, 2.45) is 0 Å². The lowest BCUT2D eigenvalue weighted by Gasteiger charge is -2.35. The van der Waals surface area contributed by atoms with E-state index < -0.39 is 5.41 Å². The molecule has 5 nitrogen and oxygen atoms in total. The molecule has 3 aromatic rings. The van der Waals surface area contributed by atoms with E-state index in [0.29, 0.717) is 17.3 Å². The van der Waals surface area contributed by atoms with Crippen LogP contribution in [0.2, 0.25) is 5.02 Å². The molecule has 1 amide bonds. The Morgan fingerprint density at radius 1 is 1.03 bits per heavy atom. The number of likely N-dealkylation sites (tertiary alicyclic amines) is 1. The molecule has 0 spiro atoms. The fraction of sp³-hybridized carbons (Fsp3) is 0.345. The van der Waals surface area contributed by atoms with Gasteiger partial charge >= 0.3 is 0 Å². The van der Waals surface area contributed by atoms with Crippen LogP contribution in [0.15, 0.2) is 78.9 Å². The van der Waals surface area contributed by atoms with E-state index in [4.69, 9.17) is 16.3 Å². The molecule has 5 rings (SSSR count). The molecule has 0 saturated carbocycles. The number of benzene rings is 3. The summed E-state index contributed by atoms with van der Waals surface area (Å²) in [5, 5.41) is 7.39. The summed E-state index contributed by atoms with van der Waals surface area (Å²) in [5.74, 6) is 1.61. The first kappa shape index (κ1) is 23.9. The van der Waals surface area contributed by atoms with Crippen molar-refractivity contribution in [1.29, 1.82) is 0 Å². The third-order valence-electron chi connectivity index (χ3n) is 7.21. The van der Waals surface area contributed by atoms with Crippen LogP contribution in [0.5, 0.6) is 11.5 Å². The molecule has 2 aliphatic rings. The van der Waals surface area contributed by atoms with Gasteiger partial charge in [0.25, 0.3) is 0 Å². The number of halogens is 1. The summed E-state index contributed by atoms with van der Waals surface area (Å²) in [4.78, 5) is 15.9. The average molecular weight is 490 g/mol. The zero-order valence-corrected chi connectivity index (χ0v) is 20.6. The Bertz CT molecular complexity index is 1140. The topological polar surface area (TPSA) is 53.6 Å². The van der Waals surface area contributed by atoms with Crippen molar-refractivity contribution in [3.63, 3.8) is 0 Å². The maximum Gasteiger partial charge on any atom is 0.232 e. The van der Waals surface area contributed by atoms with E-state index in [-0.39, 0.29) is 11.9 Å². The lowest BCUT2D eigenvalue weighted by molar-refractivity contribution is -0.127. The highest BCUT2D eigenvalue weighted by atomic mass is 35.5. The van der Waals surface area contributed by atoms with Crippen LogP contribution in [-0.2, 0) is 16.8 Å². The Balaban J connectivity index is 1.15. The molecule has 0 aromatic heterocycles. The largest absolute Gasteiger partial charge is 0.456 e. The zero-order chi connectivity index (χ0) is 24.1. The number of hydrogen-bond acceptors (Lipinski definition) is 4. The Morgan fingerprint density at radius 2 is 1.80 bits per heavy atom. The second kappa shape index (κ2) is 10.8. The van der Waals surface area contributed by atoms with Gasteiger partial charge in [-0.2, -0.15) is 0 Å². The van der Waals surface area contributed by atoms with Crippen molar-refractivity contribution in [1.82, 2.24) is 15.5 Å². The monoisotopic (exact) mass is 489 g/mol. The molecule has 3 aromatic carbocycles. The van der Waals surface area contributed by atoms with E-state index in [0.717, 1.165) is 56.8 Å². The number of carbonyl (C=O) groups is 1. The summed E-state index contributed by atoms with van der Waals surface area (Å²) >= 11 is 6.24. The Kier molecular flexibility index (Phi) is 7.37. The molecule has 2 N–H and O–H groups in total. The first-order chi connectivity index (χ1) is 17.1. The summed E-state index contributed by atoms with van der Waals surface area (Å²) in [6.07, 6.45) is 2.76. The van der Waals surface area contributed by atoms with Crippen LogP contribution in [0.3, 0.4) is 0 Å². The summed E-state index contributed by atoms with van der Waals surface area (Å²) in [6, 6.07) is 26.1. The highest BCUT2D eigenvalue weighted by Crippen LogP contribution is 2.32. The molecule has 35 heavy (non-hydrogen) atoms. The van der Waals surface area contributed by atoms with Crippen molar-refractivity contribution in [2.75, 3.05) is 26.2 Å². The number of ether oxygens (including phenoxy) is 1. The first-order valence-electron chi connectivity index (χ1n) is 12.4. The van der Waals surface area contributed by atoms with E-state index >= 15 is 0 Å². The molecule has 2 heterocycles. The van der Waals surface area contributed by atoms with Crippen molar-refractivity contribution >= 4 is 17.5 Å². The normalized spacial score (nSPS) is 21.1. The third kappa shape index (κ3) is 5.53. The molecule has 6 heteroatoms. The maximum absolute atomic E-state index is 13.4. The van der Waals surface area contributed by atoms with Gasteiger partial charge in [0.1, 0.15) is 11.5 Å². The molecule has 2 saturated heterocycles. The van der Waals surface area contributed by atoms with Gasteiger partial charge in [-0.3, -0.25) is 9.69 Å². The predicted molar refractivity (Wildman–Crippen MR) is 140 cm³/mol. The summed E-state index contributed by atoms with van der Waals surface area (Å²) in [7, 11) is 0. The van der Waals surface area contributed by atoms with Gasteiger partial charge in [-0.05, 0) is 61.2 Å². The van der Waals surface area contributed by atoms with Crippen LogP contribution in [0.25, 0.3) is 0 Å². The van der Waals surface area contributed by atoms with Gasteiger partial charge in [-0.1, -0.05) is 66.2 Å². The lowest BCUT2D eigenvalue weighted by atomic mass is 9.78. The highest BCUT2D eigenvalue weighted by molar-refractivity contribution is 6.32. The Hall–Kier alpha value is -2.86. The summed E-state index contributed by atoms with van der Waals surface area (Å²) in [5.41, 5.74) is 1.86. The molecular weight excluding hydrogens is 458 g/mol. The number of carbonyl (C=O) groups excluding carboxylic acids is 1. The quantitative estimate of drug-likeness (QED) is 0.482. The highest BCUT2D eigenvalue weighted by Gasteiger charge is 2.43. The number of para-hydroxylation sites is 1. The van der Waals surface area contributed by atoms with Gasteiger partial charge in [-0.15, -0.1) is 0 Å². The molecule has 2 aliphatic heterocycles. The van der Waals surface area contributed by atoms with Gasteiger partial charge in [-0.25, -0.2) is 0 Å². The molecule has 0 radical (unpaired) electrons. The van der Waals surface area contributed by atoms with E-state index in [1.165, 1.54) is 5.56 Å². The van der Waals surface area contributed by atoms with E-state index in [9.17, 15) is 4.79 Å². The van der Waals surface area contributed by atoms with Gasteiger partial charge in [0.05, 0.1) is 10.4 Å². The van der Waals surface area contributed by atoms with Crippen molar-refractivity contribution in [3.8, 4) is 11.5 Å². The van der Waals surface area contributed by atoms with Gasteiger partial charge < -0.3 is 15.4 Å². The smallest absolute Gasteiger partial charge is 0.232 e. The third-order valence-corrected chi connectivity index (χ3v) is 7.52. The number of nitrogens with zero attached hydrogens (tertiary/aromatic N) is 1. The molecule has 182 valence electrons. The van der Waals surface area contributed by atoms with Crippen molar-refractivity contribution in [3.05, 3.63) is 95.0 Å². The fourth-order valence-corrected chi connectivity index (χ4v) is 5.37.